The molecule has 0 saturated heterocycles. The Bertz CT molecular complexity index is 507. The van der Waals surface area contributed by atoms with Crippen LogP contribution in [0.1, 0.15) is 162 Å². The first-order valence-electron chi connectivity index (χ1n) is 16.0. The Hall–Kier alpha value is -0.286. The molecule has 38 heavy (non-hydrogen) atoms. The summed E-state index contributed by atoms with van der Waals surface area (Å²) in [6.07, 6.45) is 27.5. The van der Waals surface area contributed by atoms with Gasteiger partial charge in [-0.25, -0.2) is 0 Å². The Kier molecular flexibility index (Phi) is 25.5. The van der Waals surface area contributed by atoms with Crippen LogP contribution in [-0.4, -0.2) is 49.7 Å². The van der Waals surface area contributed by atoms with Gasteiger partial charge >= 0.3 is 9.17 Å². The molecule has 2 N–H and O–H groups in total. The average molecular weight is 577 g/mol. The maximum Gasteiger partial charge on any atom is 0.800 e. The second kappa shape index (κ2) is 25.7. The molecule has 0 amide bonds. The molecule has 0 radical (unpaired) electrons. The molecular weight excluding hydrogens is 512 g/mol. The quantitative estimate of drug-likeness (QED) is 0.0405. The minimum Gasteiger partial charge on any atom is -0.494 e. The Morgan fingerprint density at radius 3 is 1.29 bits per heavy atom. The summed E-state index contributed by atoms with van der Waals surface area (Å²) >= 11 is 0. The molecule has 0 bridgehead atoms. The third kappa shape index (κ3) is 17.4. The van der Waals surface area contributed by atoms with Gasteiger partial charge in [0.15, 0.2) is 0 Å². The van der Waals surface area contributed by atoms with Gasteiger partial charge in [-0.2, -0.15) is 0 Å². The summed E-state index contributed by atoms with van der Waals surface area (Å²) in [7, 11) is -2.49. The van der Waals surface area contributed by atoms with Crippen LogP contribution in [0.3, 0.4) is 0 Å². The van der Waals surface area contributed by atoms with Crippen molar-refractivity contribution in [1.29, 1.82) is 0 Å². The molecule has 0 aromatic carbocycles. The number of unbranched alkanes of at least 4 members (excludes halogenated alkanes) is 18. The van der Waals surface area contributed by atoms with Crippen LogP contribution in [0.4, 0.5) is 0 Å². The Balaban J connectivity index is 4.78. The largest absolute Gasteiger partial charge is 0.800 e. The van der Waals surface area contributed by atoms with Gasteiger partial charge in [-0.15, -0.1) is 0 Å². The van der Waals surface area contributed by atoms with Crippen molar-refractivity contribution in [2.24, 2.45) is 10.8 Å². The first kappa shape index (κ1) is 37.7. The number of rotatable bonds is 30. The summed E-state index contributed by atoms with van der Waals surface area (Å²) in [5, 5.41) is 21.0. The highest BCUT2D eigenvalue weighted by Gasteiger charge is 2.48. The van der Waals surface area contributed by atoms with E-state index in [1.807, 2.05) is 0 Å². The minimum atomic E-state index is -2.80. The van der Waals surface area contributed by atoms with E-state index in [2.05, 4.69) is 25.3 Å². The van der Waals surface area contributed by atoms with Crippen molar-refractivity contribution in [2.45, 2.75) is 162 Å². The molecule has 6 nitrogen and oxygen atoms in total. The van der Waals surface area contributed by atoms with Gasteiger partial charge in [0, 0.05) is 0 Å². The van der Waals surface area contributed by atoms with E-state index in [9.17, 15) is 14.7 Å². The third-order valence-corrected chi connectivity index (χ3v) is 9.85. The predicted octanol–water partition coefficient (Wildman–Crippen LogP) is 7.25. The lowest BCUT2D eigenvalue weighted by Gasteiger charge is -2.47. The average Bonchev–Trinajstić information content (AvgIpc) is 2.92. The molecule has 0 aliphatic rings. The van der Waals surface area contributed by atoms with E-state index in [0.717, 1.165) is 25.7 Å². The second-order valence-electron chi connectivity index (χ2n) is 11.8. The number of hydrogen-bond donors (Lipinski definition) is 2. The van der Waals surface area contributed by atoms with E-state index >= 15 is 0 Å². The van der Waals surface area contributed by atoms with Crippen molar-refractivity contribution < 1.29 is 28.3 Å². The molecule has 0 aromatic rings. The van der Waals surface area contributed by atoms with Gasteiger partial charge in [0.1, 0.15) is 0 Å². The van der Waals surface area contributed by atoms with Crippen LogP contribution < -0.4 is 0 Å². The molecule has 0 aliphatic carbocycles. The summed E-state index contributed by atoms with van der Waals surface area (Å²) in [4.78, 5) is 0. The molecule has 0 spiro atoms. The maximum absolute atomic E-state index is 12.0. The smallest absolute Gasteiger partial charge is 0.494 e. The fourth-order valence-electron chi connectivity index (χ4n) is 5.65. The van der Waals surface area contributed by atoms with Gasteiger partial charge in [0.2, 0.25) is 10.5 Å². The van der Waals surface area contributed by atoms with Crippen LogP contribution in [-0.2, 0) is 18.0 Å². The maximum atomic E-state index is 12.0. The molecule has 0 fully saturated rings. The lowest BCUT2D eigenvalue weighted by molar-refractivity contribution is -0.142. The van der Waals surface area contributed by atoms with E-state index in [1.54, 1.807) is 0 Å². The van der Waals surface area contributed by atoms with Crippen molar-refractivity contribution in [3.63, 3.8) is 0 Å². The van der Waals surface area contributed by atoms with E-state index in [-0.39, 0.29) is 25.2 Å². The molecule has 0 aliphatic heterocycles. The molecule has 0 saturated carbocycles. The highest BCUT2D eigenvalue weighted by molar-refractivity contribution is 6.26. The monoisotopic (exact) mass is 576 g/mol. The molecule has 228 valence electrons. The fraction of sp³-hybridized carbons (Fsp3) is 1.00. The first-order valence-corrected chi connectivity index (χ1v) is 18.1. The number of hydrogen-bond acceptors (Lipinski definition) is 6. The second-order valence-corrected chi connectivity index (χ2v) is 13.1. The minimum absolute atomic E-state index is 0.00866. The Labute approximate surface area is 240 Å². The van der Waals surface area contributed by atoms with Gasteiger partial charge < -0.3 is 19.2 Å². The molecule has 8 heteroatoms. The fourth-order valence-corrected chi connectivity index (χ4v) is 6.63. The zero-order valence-corrected chi connectivity index (χ0v) is 28.7. The normalized spacial score (nSPS) is 12.2. The highest BCUT2D eigenvalue weighted by atomic mass is 28.3. The Morgan fingerprint density at radius 1 is 0.632 bits per heavy atom. The molecule has 0 heterocycles. The van der Waals surface area contributed by atoms with E-state index in [4.69, 9.17) is 9.00 Å². The summed E-state index contributed by atoms with van der Waals surface area (Å²) < 4.78 is 26.8. The van der Waals surface area contributed by atoms with Crippen molar-refractivity contribution in [2.75, 3.05) is 19.8 Å². The van der Waals surface area contributed by atoms with Crippen molar-refractivity contribution in [3.8, 4) is 0 Å². The first-order chi connectivity index (χ1) is 18.4. The van der Waals surface area contributed by atoms with Crippen molar-refractivity contribution in [3.05, 3.63) is 0 Å². The van der Waals surface area contributed by atoms with Gasteiger partial charge in [-0.05, 0) is 18.3 Å². The SMILES string of the molecule is CCCCCCCCCCCCC(C)(CCCCCCCCCCCC)C(CO)(CO)CO[Si](=O)OO[SiH3]. The highest BCUT2D eigenvalue weighted by Crippen LogP contribution is 2.47. The van der Waals surface area contributed by atoms with Crippen LogP contribution in [0.25, 0.3) is 0 Å². The lowest BCUT2D eigenvalue weighted by atomic mass is 9.60. The van der Waals surface area contributed by atoms with Gasteiger partial charge in [0.25, 0.3) is 0 Å². The van der Waals surface area contributed by atoms with Crippen LogP contribution in [0.5, 0.6) is 0 Å². The van der Waals surface area contributed by atoms with Crippen molar-refractivity contribution in [1.82, 2.24) is 0 Å². The number of aliphatic hydroxyl groups is 2. The Morgan fingerprint density at radius 2 is 0.974 bits per heavy atom. The molecular formula is C30H64O6Si2. The van der Waals surface area contributed by atoms with Gasteiger partial charge in [-0.3, -0.25) is 9.04 Å². The standard InChI is InChI=1S/C30H64O6Si2/c1-4-6-8-10-12-14-16-18-20-22-24-29(3,25-23-21-19-17-15-13-11-9-7-5-2)30(26-31,27-32)28-34-38(33)36-35-37/h31-32H,4-28H2,1-3,37H3. The van der Waals surface area contributed by atoms with Gasteiger partial charge in [-0.1, -0.05) is 149 Å². The molecule has 0 rings (SSSR count). The van der Waals surface area contributed by atoms with E-state index < -0.39 is 14.6 Å². The van der Waals surface area contributed by atoms with E-state index in [0.29, 0.717) is 10.5 Å². The summed E-state index contributed by atoms with van der Waals surface area (Å²) in [6, 6.07) is 0. The van der Waals surface area contributed by atoms with Crippen LogP contribution in [0, 0.1) is 10.8 Å². The zero-order chi connectivity index (χ0) is 28.4. The summed E-state index contributed by atoms with van der Waals surface area (Å²) in [6.45, 7) is 6.31. The third-order valence-electron chi connectivity index (χ3n) is 8.67. The van der Waals surface area contributed by atoms with E-state index in [1.165, 1.54) is 116 Å². The summed E-state index contributed by atoms with van der Waals surface area (Å²) in [5.74, 6) is 0. The number of aliphatic hydroxyl groups excluding tert-OH is 2. The topological polar surface area (TPSA) is 85.2 Å². The van der Waals surface area contributed by atoms with Crippen molar-refractivity contribution >= 4 is 19.7 Å². The summed E-state index contributed by atoms with van der Waals surface area (Å²) in [5.41, 5.74) is -1.17. The molecule has 0 atom stereocenters. The van der Waals surface area contributed by atoms with Gasteiger partial charge in [0.05, 0.1) is 25.2 Å². The van der Waals surface area contributed by atoms with Crippen LogP contribution in [0.2, 0.25) is 0 Å². The lowest BCUT2D eigenvalue weighted by Crippen LogP contribution is -2.50. The zero-order valence-electron chi connectivity index (χ0n) is 25.7. The molecule has 0 unspecified atom stereocenters. The van der Waals surface area contributed by atoms with Crippen LogP contribution >= 0.6 is 0 Å². The molecule has 0 aromatic heterocycles. The van der Waals surface area contributed by atoms with Crippen LogP contribution in [0.15, 0.2) is 0 Å². The predicted molar refractivity (Wildman–Crippen MR) is 162 cm³/mol.